The first kappa shape index (κ1) is 12.6. The number of carboxylic acids is 1. The van der Waals surface area contributed by atoms with Gasteiger partial charge in [0.1, 0.15) is 0 Å². The summed E-state index contributed by atoms with van der Waals surface area (Å²) in [5, 5.41) is 8.58. The van der Waals surface area contributed by atoms with Crippen molar-refractivity contribution in [2.45, 2.75) is 25.7 Å². The molecule has 0 atom stereocenters. The minimum absolute atomic E-state index is 0.0673. The zero-order chi connectivity index (χ0) is 13.1. The van der Waals surface area contributed by atoms with Gasteiger partial charge in [-0.15, -0.1) is 0 Å². The summed E-state index contributed by atoms with van der Waals surface area (Å²) in [6, 6.07) is 5.68. The Kier molecular flexibility index (Phi) is 3.65. The van der Waals surface area contributed by atoms with E-state index in [1.807, 2.05) is 25.2 Å². The van der Waals surface area contributed by atoms with Crippen LogP contribution in [0.4, 0.5) is 5.69 Å². The molecule has 18 heavy (non-hydrogen) atoms. The van der Waals surface area contributed by atoms with Gasteiger partial charge in [-0.3, -0.25) is 9.59 Å². The number of carbonyl (C=O) groups is 2. The van der Waals surface area contributed by atoms with Gasteiger partial charge in [0.25, 0.3) is 0 Å². The summed E-state index contributed by atoms with van der Waals surface area (Å²) in [5.41, 5.74) is 2.98. The van der Waals surface area contributed by atoms with Crippen molar-refractivity contribution in [1.82, 2.24) is 0 Å². The number of carbonyl (C=O) groups excluding carboxylic acids is 1. The van der Waals surface area contributed by atoms with E-state index in [1.165, 1.54) is 5.56 Å². The highest BCUT2D eigenvalue weighted by Gasteiger charge is 2.16. The van der Waals surface area contributed by atoms with Crippen LogP contribution >= 0.6 is 0 Å². The summed E-state index contributed by atoms with van der Waals surface area (Å²) in [6.07, 6.45) is 2.14. The third-order valence-electron chi connectivity index (χ3n) is 3.32. The van der Waals surface area contributed by atoms with Gasteiger partial charge in [-0.05, 0) is 24.5 Å². The third-order valence-corrected chi connectivity index (χ3v) is 3.32. The molecule has 0 aliphatic carbocycles. The topological polar surface area (TPSA) is 57.6 Å². The summed E-state index contributed by atoms with van der Waals surface area (Å²) < 4.78 is 0. The molecule has 0 bridgehead atoms. The highest BCUT2D eigenvalue weighted by atomic mass is 16.4. The molecule has 1 N–H and O–H groups in total. The van der Waals surface area contributed by atoms with Crippen molar-refractivity contribution in [1.29, 1.82) is 0 Å². The average molecular weight is 247 g/mol. The number of anilines is 1. The SMILES string of the molecule is CN1CCCc2ccc(C(=O)CCC(=O)O)cc21. The second-order valence-corrected chi connectivity index (χ2v) is 4.69. The van der Waals surface area contributed by atoms with E-state index in [0.29, 0.717) is 5.56 Å². The zero-order valence-corrected chi connectivity index (χ0v) is 10.5. The summed E-state index contributed by atoms with van der Waals surface area (Å²) in [7, 11) is 2.02. The van der Waals surface area contributed by atoms with Crippen LogP contribution in [-0.4, -0.2) is 30.5 Å². The third kappa shape index (κ3) is 2.70. The molecule has 0 radical (unpaired) electrons. The van der Waals surface area contributed by atoms with Crippen LogP contribution in [0.2, 0.25) is 0 Å². The van der Waals surface area contributed by atoms with Gasteiger partial charge in [0.05, 0.1) is 6.42 Å². The smallest absolute Gasteiger partial charge is 0.303 e. The van der Waals surface area contributed by atoms with Crippen molar-refractivity contribution in [3.05, 3.63) is 29.3 Å². The molecule has 1 aliphatic heterocycles. The van der Waals surface area contributed by atoms with Gasteiger partial charge < -0.3 is 10.0 Å². The molecule has 0 unspecified atom stereocenters. The van der Waals surface area contributed by atoms with Crippen LogP contribution < -0.4 is 4.90 Å². The molecule has 1 aromatic carbocycles. The van der Waals surface area contributed by atoms with E-state index in [4.69, 9.17) is 5.11 Å². The maximum absolute atomic E-state index is 11.9. The molecule has 0 saturated carbocycles. The lowest BCUT2D eigenvalue weighted by Gasteiger charge is -2.27. The minimum Gasteiger partial charge on any atom is -0.481 e. The number of Topliss-reactive ketones (excluding diaryl/α,β-unsaturated/α-hetero) is 1. The molecule has 4 nitrogen and oxygen atoms in total. The molecule has 1 heterocycles. The lowest BCUT2D eigenvalue weighted by molar-refractivity contribution is -0.136. The molecule has 1 aliphatic rings. The number of aryl methyl sites for hydroxylation is 1. The Bertz CT molecular complexity index is 482. The summed E-state index contributed by atoms with van der Waals surface area (Å²) in [4.78, 5) is 24.5. The molecular formula is C14H17NO3. The number of nitrogens with zero attached hydrogens (tertiary/aromatic N) is 1. The Morgan fingerprint density at radius 1 is 1.33 bits per heavy atom. The second-order valence-electron chi connectivity index (χ2n) is 4.69. The van der Waals surface area contributed by atoms with E-state index in [2.05, 4.69) is 4.90 Å². The van der Waals surface area contributed by atoms with Crippen LogP contribution in [0.3, 0.4) is 0 Å². The van der Waals surface area contributed by atoms with Crippen molar-refractivity contribution in [3.8, 4) is 0 Å². The maximum Gasteiger partial charge on any atom is 0.303 e. The van der Waals surface area contributed by atoms with E-state index in [1.54, 1.807) is 0 Å². The van der Waals surface area contributed by atoms with E-state index < -0.39 is 5.97 Å². The summed E-state index contributed by atoms with van der Waals surface area (Å²) in [6.45, 7) is 1.000. The number of benzene rings is 1. The lowest BCUT2D eigenvalue weighted by Crippen LogP contribution is -2.25. The largest absolute Gasteiger partial charge is 0.481 e. The monoisotopic (exact) mass is 247 g/mol. The van der Waals surface area contributed by atoms with Crippen LogP contribution in [0, 0.1) is 0 Å². The van der Waals surface area contributed by atoms with Crippen LogP contribution in [-0.2, 0) is 11.2 Å². The lowest BCUT2D eigenvalue weighted by atomic mass is 9.97. The first-order chi connectivity index (χ1) is 8.58. The molecule has 0 aromatic heterocycles. The van der Waals surface area contributed by atoms with Crippen LogP contribution in [0.25, 0.3) is 0 Å². The van der Waals surface area contributed by atoms with E-state index in [0.717, 1.165) is 25.1 Å². The number of aliphatic carboxylic acids is 1. The number of carboxylic acid groups (broad SMARTS) is 1. The summed E-state index contributed by atoms with van der Waals surface area (Å²) >= 11 is 0. The fourth-order valence-corrected chi connectivity index (χ4v) is 2.30. The molecule has 0 spiro atoms. The van der Waals surface area contributed by atoms with E-state index in [-0.39, 0.29) is 18.6 Å². The molecular weight excluding hydrogens is 230 g/mol. The zero-order valence-electron chi connectivity index (χ0n) is 10.5. The molecule has 0 amide bonds. The highest BCUT2D eigenvalue weighted by Crippen LogP contribution is 2.27. The Labute approximate surface area is 106 Å². The second kappa shape index (κ2) is 5.21. The van der Waals surface area contributed by atoms with Gasteiger partial charge in [-0.2, -0.15) is 0 Å². The average Bonchev–Trinajstić information content (AvgIpc) is 2.36. The van der Waals surface area contributed by atoms with Crippen molar-refractivity contribution >= 4 is 17.4 Å². The fourth-order valence-electron chi connectivity index (χ4n) is 2.30. The fraction of sp³-hybridized carbons (Fsp3) is 0.429. The number of ketones is 1. The molecule has 4 heteroatoms. The Morgan fingerprint density at radius 3 is 2.83 bits per heavy atom. The maximum atomic E-state index is 11.9. The van der Waals surface area contributed by atoms with E-state index in [9.17, 15) is 9.59 Å². The van der Waals surface area contributed by atoms with Crippen molar-refractivity contribution in [2.75, 3.05) is 18.5 Å². The van der Waals surface area contributed by atoms with Gasteiger partial charge in [-0.25, -0.2) is 0 Å². The van der Waals surface area contributed by atoms with Gasteiger partial charge in [-0.1, -0.05) is 12.1 Å². The molecule has 0 fully saturated rings. The van der Waals surface area contributed by atoms with Crippen LogP contribution in [0.5, 0.6) is 0 Å². The Morgan fingerprint density at radius 2 is 2.11 bits per heavy atom. The Balaban J connectivity index is 2.17. The normalized spacial score (nSPS) is 14.2. The first-order valence-electron chi connectivity index (χ1n) is 6.17. The first-order valence-corrected chi connectivity index (χ1v) is 6.17. The van der Waals surface area contributed by atoms with Gasteiger partial charge in [0.15, 0.2) is 5.78 Å². The van der Waals surface area contributed by atoms with Gasteiger partial charge in [0.2, 0.25) is 0 Å². The van der Waals surface area contributed by atoms with Crippen molar-refractivity contribution < 1.29 is 14.7 Å². The molecule has 2 rings (SSSR count). The molecule has 96 valence electrons. The quantitative estimate of drug-likeness (QED) is 0.828. The van der Waals surface area contributed by atoms with Gasteiger partial charge in [0, 0.05) is 31.3 Å². The molecule has 1 aromatic rings. The predicted molar refractivity (Wildman–Crippen MR) is 69.2 cm³/mol. The van der Waals surface area contributed by atoms with Crippen LogP contribution in [0.1, 0.15) is 35.2 Å². The van der Waals surface area contributed by atoms with Gasteiger partial charge >= 0.3 is 5.97 Å². The summed E-state index contributed by atoms with van der Waals surface area (Å²) in [5.74, 6) is -1.03. The Hall–Kier alpha value is -1.84. The van der Waals surface area contributed by atoms with Crippen molar-refractivity contribution in [3.63, 3.8) is 0 Å². The van der Waals surface area contributed by atoms with Crippen molar-refractivity contribution in [2.24, 2.45) is 0 Å². The highest BCUT2D eigenvalue weighted by molar-refractivity contribution is 5.98. The number of rotatable bonds is 4. The molecule has 0 saturated heterocycles. The van der Waals surface area contributed by atoms with E-state index >= 15 is 0 Å². The standard InChI is InChI=1S/C14H17NO3/c1-15-8-2-3-10-4-5-11(9-12(10)15)13(16)6-7-14(17)18/h4-5,9H,2-3,6-8H2,1H3,(H,17,18). The number of hydrogen-bond donors (Lipinski definition) is 1. The van der Waals surface area contributed by atoms with Crippen LogP contribution in [0.15, 0.2) is 18.2 Å². The predicted octanol–water partition coefficient (Wildman–Crippen LogP) is 2.12. The number of hydrogen-bond acceptors (Lipinski definition) is 3. The minimum atomic E-state index is -0.932. The number of fused-ring (bicyclic) bond motifs is 1.